The molecule has 8 heteroatoms. The van der Waals surface area contributed by atoms with E-state index in [2.05, 4.69) is 9.97 Å². The van der Waals surface area contributed by atoms with Crippen LogP contribution in [0.5, 0.6) is 0 Å². The minimum absolute atomic E-state index is 0.129. The number of imidazole rings is 1. The van der Waals surface area contributed by atoms with Crippen LogP contribution in [0, 0.1) is 5.82 Å². The molecule has 2 heterocycles. The van der Waals surface area contributed by atoms with Crippen molar-refractivity contribution in [1.29, 1.82) is 0 Å². The van der Waals surface area contributed by atoms with Gasteiger partial charge in [-0.15, -0.1) is 0 Å². The van der Waals surface area contributed by atoms with Gasteiger partial charge in [-0.2, -0.15) is 0 Å². The van der Waals surface area contributed by atoms with E-state index in [-0.39, 0.29) is 10.4 Å². The molecule has 0 aliphatic carbocycles. The van der Waals surface area contributed by atoms with Crippen LogP contribution in [-0.4, -0.2) is 22.4 Å². The topological polar surface area (TPSA) is 93.8 Å². The summed E-state index contributed by atoms with van der Waals surface area (Å²) < 4.78 is 41.6. The second-order valence-corrected chi connectivity index (χ2v) is 8.49. The molecule has 0 bridgehead atoms. The molecule has 0 amide bonds. The lowest BCUT2D eigenvalue weighted by Crippen LogP contribution is -2.11. The average molecular weight is 406 g/mol. The lowest BCUT2D eigenvalue weighted by atomic mass is 10.0. The highest BCUT2D eigenvalue weighted by molar-refractivity contribution is 7.90. The van der Waals surface area contributed by atoms with Crippen molar-refractivity contribution >= 4 is 37.9 Å². The van der Waals surface area contributed by atoms with Crippen LogP contribution in [0.4, 0.5) is 10.3 Å². The summed E-state index contributed by atoms with van der Waals surface area (Å²) in [4.78, 5) is 7.28. The van der Waals surface area contributed by atoms with Gasteiger partial charge in [0.1, 0.15) is 5.82 Å². The summed E-state index contributed by atoms with van der Waals surface area (Å²) in [6.07, 6.45) is 1.52. The Kier molecular flexibility index (Phi) is 3.72. The van der Waals surface area contributed by atoms with Crippen molar-refractivity contribution < 1.29 is 12.8 Å². The van der Waals surface area contributed by atoms with Gasteiger partial charge in [0.2, 0.25) is 0 Å². The van der Waals surface area contributed by atoms with E-state index in [0.717, 1.165) is 15.1 Å². The molecule has 0 unspecified atom stereocenters. The van der Waals surface area contributed by atoms with Gasteiger partial charge < -0.3 is 10.7 Å². The number of nitrogens with two attached hydrogens (primary N) is 1. The molecule has 0 atom stereocenters. The first kappa shape index (κ1) is 17.4. The number of halogens is 1. The highest BCUT2D eigenvalue weighted by Crippen LogP contribution is 2.34. The molecule has 5 aromatic rings. The van der Waals surface area contributed by atoms with Gasteiger partial charge in [0, 0.05) is 17.1 Å². The molecule has 0 saturated heterocycles. The van der Waals surface area contributed by atoms with Crippen molar-refractivity contribution in [2.24, 2.45) is 0 Å². The van der Waals surface area contributed by atoms with E-state index in [0.29, 0.717) is 22.4 Å². The van der Waals surface area contributed by atoms with Gasteiger partial charge in [-0.05, 0) is 48.0 Å². The summed E-state index contributed by atoms with van der Waals surface area (Å²) in [5.74, 6) is -0.211. The van der Waals surface area contributed by atoms with Crippen molar-refractivity contribution in [3.8, 4) is 11.1 Å². The van der Waals surface area contributed by atoms with E-state index in [1.54, 1.807) is 30.3 Å². The molecule has 0 aliphatic heterocycles. The van der Waals surface area contributed by atoms with Crippen LogP contribution in [0.25, 0.3) is 33.1 Å². The number of nitrogens with zero attached hydrogens (tertiary/aromatic N) is 2. The average Bonchev–Trinajstić information content (AvgIpc) is 3.27. The Morgan fingerprint density at radius 3 is 2.59 bits per heavy atom. The van der Waals surface area contributed by atoms with Crippen LogP contribution < -0.4 is 5.73 Å². The summed E-state index contributed by atoms with van der Waals surface area (Å²) in [7, 11) is -3.90. The number of hydrogen-bond donors (Lipinski definition) is 2. The lowest BCUT2D eigenvalue weighted by molar-refractivity contribution is 0.589. The van der Waals surface area contributed by atoms with Crippen molar-refractivity contribution in [1.82, 2.24) is 13.9 Å². The number of benzene rings is 3. The Morgan fingerprint density at radius 1 is 1.00 bits per heavy atom. The number of fused-ring (bicyclic) bond motifs is 2. The Morgan fingerprint density at radius 2 is 1.79 bits per heavy atom. The molecule has 3 aromatic carbocycles. The van der Waals surface area contributed by atoms with Gasteiger partial charge in [-0.25, -0.2) is 21.8 Å². The maximum atomic E-state index is 14.0. The first-order valence-electron chi connectivity index (χ1n) is 8.80. The minimum Gasteiger partial charge on any atom is -0.369 e. The Hall–Kier alpha value is -3.65. The molecule has 0 spiro atoms. The van der Waals surface area contributed by atoms with Crippen molar-refractivity contribution in [3.63, 3.8) is 0 Å². The van der Waals surface area contributed by atoms with Crippen molar-refractivity contribution in [2.75, 3.05) is 5.73 Å². The first-order chi connectivity index (χ1) is 13.9. The van der Waals surface area contributed by atoms with Crippen molar-refractivity contribution in [2.45, 2.75) is 4.90 Å². The standard InChI is InChI=1S/C21H15FN4O2S/c22-14-7-8-16-17(13-6-9-18-19(10-13)25-21(23)24-18)12-26(20(16)11-14)29(27,28)15-4-2-1-3-5-15/h1-12H,(H3,23,24,25). The molecule has 144 valence electrons. The molecular weight excluding hydrogens is 391 g/mol. The fraction of sp³-hybridized carbons (Fsp3) is 0. The smallest absolute Gasteiger partial charge is 0.268 e. The zero-order valence-corrected chi connectivity index (χ0v) is 15.8. The van der Waals surface area contributed by atoms with Gasteiger partial charge in [0.25, 0.3) is 10.0 Å². The fourth-order valence-corrected chi connectivity index (χ4v) is 4.89. The summed E-state index contributed by atoms with van der Waals surface area (Å²) in [5.41, 5.74) is 8.85. The third-order valence-corrected chi connectivity index (χ3v) is 6.53. The van der Waals surface area contributed by atoms with Gasteiger partial charge in [0.05, 0.1) is 21.4 Å². The second kappa shape index (κ2) is 6.18. The summed E-state index contributed by atoms with van der Waals surface area (Å²) in [5, 5.41) is 0.623. The Balaban J connectivity index is 1.79. The summed E-state index contributed by atoms with van der Waals surface area (Å²) in [6, 6.07) is 17.7. The van der Waals surface area contributed by atoms with Gasteiger partial charge in [0.15, 0.2) is 5.95 Å². The Bertz CT molecular complexity index is 1490. The second-order valence-electron chi connectivity index (χ2n) is 6.67. The van der Waals surface area contributed by atoms with Gasteiger partial charge in [-0.3, -0.25) is 0 Å². The van der Waals surface area contributed by atoms with E-state index < -0.39 is 15.8 Å². The summed E-state index contributed by atoms with van der Waals surface area (Å²) >= 11 is 0. The SMILES string of the molecule is Nc1nc2ccc(-c3cn(S(=O)(=O)c4ccccc4)c4cc(F)ccc34)cc2[nH]1. The number of rotatable bonds is 3. The molecule has 29 heavy (non-hydrogen) atoms. The normalized spacial score (nSPS) is 12.0. The van der Waals surface area contributed by atoms with Gasteiger partial charge >= 0.3 is 0 Å². The molecule has 5 rings (SSSR count). The molecular formula is C21H15FN4O2S. The van der Waals surface area contributed by atoms with E-state index in [1.165, 1.54) is 30.5 Å². The third kappa shape index (κ3) is 2.76. The molecule has 0 radical (unpaired) electrons. The van der Waals surface area contributed by atoms with E-state index in [9.17, 15) is 12.8 Å². The van der Waals surface area contributed by atoms with Crippen LogP contribution in [-0.2, 0) is 10.0 Å². The number of nitrogen functional groups attached to an aromatic ring is 1. The molecule has 0 fully saturated rings. The van der Waals surface area contributed by atoms with E-state index in [1.807, 2.05) is 12.1 Å². The molecule has 6 nitrogen and oxygen atoms in total. The number of aromatic nitrogens is 3. The minimum atomic E-state index is -3.90. The lowest BCUT2D eigenvalue weighted by Gasteiger charge is -2.07. The molecule has 3 N–H and O–H groups in total. The third-order valence-electron chi connectivity index (χ3n) is 4.84. The summed E-state index contributed by atoms with van der Waals surface area (Å²) in [6.45, 7) is 0. The van der Waals surface area contributed by atoms with Crippen LogP contribution in [0.15, 0.2) is 77.8 Å². The van der Waals surface area contributed by atoms with Crippen LogP contribution in [0.1, 0.15) is 0 Å². The number of aromatic amines is 1. The van der Waals surface area contributed by atoms with Crippen molar-refractivity contribution in [3.05, 3.63) is 78.7 Å². The number of nitrogens with one attached hydrogen (secondary N) is 1. The van der Waals surface area contributed by atoms with Crippen LogP contribution in [0.3, 0.4) is 0 Å². The number of hydrogen-bond acceptors (Lipinski definition) is 4. The van der Waals surface area contributed by atoms with Gasteiger partial charge in [-0.1, -0.05) is 24.3 Å². The number of anilines is 1. The highest BCUT2D eigenvalue weighted by atomic mass is 32.2. The van der Waals surface area contributed by atoms with Crippen LogP contribution >= 0.6 is 0 Å². The molecule has 2 aromatic heterocycles. The molecule has 0 aliphatic rings. The zero-order valence-electron chi connectivity index (χ0n) is 15.0. The van der Waals surface area contributed by atoms with E-state index >= 15 is 0 Å². The first-order valence-corrected chi connectivity index (χ1v) is 10.2. The maximum Gasteiger partial charge on any atom is 0.268 e. The highest BCUT2D eigenvalue weighted by Gasteiger charge is 2.22. The predicted molar refractivity (Wildman–Crippen MR) is 110 cm³/mol. The Labute approximate surface area is 165 Å². The van der Waals surface area contributed by atoms with E-state index in [4.69, 9.17) is 5.73 Å². The monoisotopic (exact) mass is 406 g/mol. The van der Waals surface area contributed by atoms with Crippen LogP contribution in [0.2, 0.25) is 0 Å². The maximum absolute atomic E-state index is 14.0. The number of H-pyrrole nitrogens is 1. The largest absolute Gasteiger partial charge is 0.369 e. The fourth-order valence-electron chi connectivity index (χ4n) is 3.50. The predicted octanol–water partition coefficient (Wildman–Crippen LogP) is 4.14. The zero-order chi connectivity index (χ0) is 20.2. The molecule has 0 saturated carbocycles. The quantitative estimate of drug-likeness (QED) is 0.471.